The summed E-state index contributed by atoms with van der Waals surface area (Å²) < 4.78 is 5.78. The number of carbonyl (C=O) groups is 1. The van der Waals surface area contributed by atoms with Gasteiger partial charge >= 0.3 is 0 Å². The van der Waals surface area contributed by atoms with Crippen LogP contribution in [-0.2, 0) is 9.53 Å². The molecule has 3 unspecified atom stereocenters. The summed E-state index contributed by atoms with van der Waals surface area (Å²) in [7, 11) is 0. The molecule has 2 aliphatic carbocycles. The van der Waals surface area contributed by atoms with Crippen LogP contribution < -0.4 is 5.73 Å². The lowest BCUT2D eigenvalue weighted by molar-refractivity contribution is -0.141. The second-order valence-corrected chi connectivity index (χ2v) is 7.19. The first-order valence-corrected chi connectivity index (χ1v) is 8.91. The average molecular weight is 294 g/mol. The molecule has 1 amide bonds. The first-order valence-electron chi connectivity index (χ1n) is 8.91. The van der Waals surface area contributed by atoms with Gasteiger partial charge in [-0.3, -0.25) is 4.79 Å². The zero-order valence-corrected chi connectivity index (χ0v) is 13.1. The Labute approximate surface area is 128 Å². The highest BCUT2D eigenvalue weighted by atomic mass is 16.5. The maximum Gasteiger partial charge on any atom is 0.226 e. The molecule has 1 aliphatic heterocycles. The zero-order valence-electron chi connectivity index (χ0n) is 13.1. The van der Waals surface area contributed by atoms with Crippen LogP contribution in [0, 0.1) is 5.92 Å². The summed E-state index contributed by atoms with van der Waals surface area (Å²) in [6, 6.07) is 0.681. The maximum atomic E-state index is 13.0. The van der Waals surface area contributed by atoms with Gasteiger partial charge in [0.15, 0.2) is 0 Å². The van der Waals surface area contributed by atoms with Crippen molar-refractivity contribution >= 4 is 5.91 Å². The van der Waals surface area contributed by atoms with Crippen LogP contribution in [0.5, 0.6) is 0 Å². The van der Waals surface area contributed by atoms with Crippen molar-refractivity contribution in [3.8, 4) is 0 Å². The Morgan fingerprint density at radius 1 is 1.05 bits per heavy atom. The molecule has 3 aliphatic rings. The molecule has 4 nitrogen and oxygen atoms in total. The van der Waals surface area contributed by atoms with Crippen LogP contribution in [0.4, 0.5) is 0 Å². The highest BCUT2D eigenvalue weighted by molar-refractivity contribution is 5.79. The fraction of sp³-hybridized carbons (Fsp3) is 0.941. The van der Waals surface area contributed by atoms with Gasteiger partial charge in [-0.25, -0.2) is 0 Å². The van der Waals surface area contributed by atoms with Crippen LogP contribution in [0.15, 0.2) is 0 Å². The Bertz CT molecular complexity index is 349. The van der Waals surface area contributed by atoms with E-state index in [1.807, 2.05) is 0 Å². The van der Waals surface area contributed by atoms with Crippen molar-refractivity contribution < 1.29 is 9.53 Å². The van der Waals surface area contributed by atoms with E-state index < -0.39 is 0 Å². The standard InChI is InChI=1S/C17H30N2O2/c18-14-6-3-5-13(11-14)17(20)19(15-7-1-2-8-15)12-16-9-4-10-21-16/h13-16H,1-12,18H2. The topological polar surface area (TPSA) is 55.6 Å². The number of hydrogen-bond acceptors (Lipinski definition) is 3. The van der Waals surface area contributed by atoms with E-state index in [1.54, 1.807) is 0 Å². The van der Waals surface area contributed by atoms with Gasteiger partial charge in [-0.15, -0.1) is 0 Å². The molecule has 0 bridgehead atoms. The number of hydrogen-bond donors (Lipinski definition) is 1. The highest BCUT2D eigenvalue weighted by Gasteiger charge is 2.35. The van der Waals surface area contributed by atoms with E-state index in [0.29, 0.717) is 11.9 Å². The van der Waals surface area contributed by atoms with Gasteiger partial charge in [0.25, 0.3) is 0 Å². The van der Waals surface area contributed by atoms with Crippen LogP contribution >= 0.6 is 0 Å². The highest BCUT2D eigenvalue weighted by Crippen LogP contribution is 2.30. The van der Waals surface area contributed by atoms with Gasteiger partial charge in [0.1, 0.15) is 0 Å². The smallest absolute Gasteiger partial charge is 0.226 e. The minimum absolute atomic E-state index is 0.163. The van der Waals surface area contributed by atoms with E-state index in [-0.39, 0.29) is 18.1 Å². The van der Waals surface area contributed by atoms with E-state index in [4.69, 9.17) is 10.5 Å². The van der Waals surface area contributed by atoms with E-state index in [0.717, 1.165) is 51.7 Å². The van der Waals surface area contributed by atoms with Gasteiger partial charge in [0.2, 0.25) is 5.91 Å². The second-order valence-electron chi connectivity index (χ2n) is 7.19. The third-order valence-corrected chi connectivity index (χ3v) is 5.54. The second kappa shape index (κ2) is 7.10. The van der Waals surface area contributed by atoms with E-state index in [9.17, 15) is 4.79 Å². The summed E-state index contributed by atoms with van der Waals surface area (Å²) in [5, 5.41) is 0. The lowest BCUT2D eigenvalue weighted by Gasteiger charge is -2.36. The largest absolute Gasteiger partial charge is 0.376 e. The average Bonchev–Trinajstić information content (AvgIpc) is 3.17. The summed E-state index contributed by atoms with van der Waals surface area (Å²) >= 11 is 0. The predicted molar refractivity (Wildman–Crippen MR) is 82.9 cm³/mol. The monoisotopic (exact) mass is 294 g/mol. The molecular weight excluding hydrogens is 264 g/mol. The number of carbonyl (C=O) groups excluding carboxylic acids is 1. The van der Waals surface area contributed by atoms with Crippen molar-refractivity contribution in [2.75, 3.05) is 13.2 Å². The minimum atomic E-state index is 0.163. The summed E-state index contributed by atoms with van der Waals surface area (Å²) in [4.78, 5) is 15.2. The Morgan fingerprint density at radius 3 is 2.52 bits per heavy atom. The van der Waals surface area contributed by atoms with E-state index in [1.165, 1.54) is 25.7 Å². The van der Waals surface area contributed by atoms with Crippen molar-refractivity contribution in [3.05, 3.63) is 0 Å². The molecule has 0 aromatic heterocycles. The minimum Gasteiger partial charge on any atom is -0.376 e. The van der Waals surface area contributed by atoms with Crippen LogP contribution in [0.1, 0.15) is 64.2 Å². The van der Waals surface area contributed by atoms with Crippen LogP contribution in [-0.4, -0.2) is 42.1 Å². The molecule has 21 heavy (non-hydrogen) atoms. The summed E-state index contributed by atoms with van der Waals surface area (Å²) in [6.45, 7) is 1.68. The SMILES string of the molecule is NC1CCCC(C(=O)N(CC2CCCO2)C2CCCC2)C1. The fourth-order valence-electron chi connectivity index (χ4n) is 4.33. The first kappa shape index (κ1) is 15.3. The molecule has 1 saturated heterocycles. The van der Waals surface area contributed by atoms with Gasteiger partial charge in [0, 0.05) is 31.2 Å². The predicted octanol–water partition coefficient (Wildman–Crippen LogP) is 2.45. The molecule has 2 saturated carbocycles. The van der Waals surface area contributed by atoms with Crippen molar-refractivity contribution in [1.82, 2.24) is 4.90 Å². The number of amides is 1. The van der Waals surface area contributed by atoms with Gasteiger partial charge in [-0.2, -0.15) is 0 Å². The lowest BCUT2D eigenvalue weighted by atomic mass is 9.85. The van der Waals surface area contributed by atoms with Crippen LogP contribution in [0.25, 0.3) is 0 Å². The fourth-order valence-corrected chi connectivity index (χ4v) is 4.33. The molecule has 3 atom stereocenters. The molecule has 3 rings (SSSR count). The number of ether oxygens (including phenoxy) is 1. The molecule has 1 heterocycles. The molecule has 0 aromatic rings. The number of nitrogens with two attached hydrogens (primary N) is 1. The maximum absolute atomic E-state index is 13.0. The molecule has 0 radical (unpaired) electrons. The Kier molecular flexibility index (Phi) is 5.17. The van der Waals surface area contributed by atoms with Crippen LogP contribution in [0.3, 0.4) is 0 Å². The summed E-state index contributed by atoms with van der Waals surface area (Å²) in [6.07, 6.45) is 11.5. The molecular formula is C17H30N2O2. The van der Waals surface area contributed by atoms with Gasteiger partial charge in [-0.05, 0) is 44.9 Å². The number of nitrogens with zero attached hydrogens (tertiary/aromatic N) is 1. The molecule has 0 spiro atoms. The van der Waals surface area contributed by atoms with Crippen molar-refractivity contribution in [2.24, 2.45) is 11.7 Å². The third-order valence-electron chi connectivity index (χ3n) is 5.54. The normalized spacial score (nSPS) is 34.2. The Morgan fingerprint density at radius 2 is 1.86 bits per heavy atom. The van der Waals surface area contributed by atoms with Crippen molar-refractivity contribution in [2.45, 2.75) is 82.4 Å². The van der Waals surface area contributed by atoms with Crippen LogP contribution in [0.2, 0.25) is 0 Å². The molecule has 4 heteroatoms. The Balaban J connectivity index is 1.65. The molecule has 120 valence electrons. The third kappa shape index (κ3) is 3.78. The number of rotatable bonds is 4. The summed E-state index contributed by atoms with van der Waals surface area (Å²) in [5.74, 6) is 0.531. The van der Waals surface area contributed by atoms with Crippen molar-refractivity contribution in [1.29, 1.82) is 0 Å². The molecule has 2 N–H and O–H groups in total. The van der Waals surface area contributed by atoms with E-state index in [2.05, 4.69) is 4.90 Å². The van der Waals surface area contributed by atoms with E-state index >= 15 is 0 Å². The first-order chi connectivity index (χ1) is 10.2. The van der Waals surface area contributed by atoms with Gasteiger partial charge < -0.3 is 15.4 Å². The van der Waals surface area contributed by atoms with Gasteiger partial charge in [0.05, 0.1) is 6.10 Å². The van der Waals surface area contributed by atoms with Gasteiger partial charge in [-0.1, -0.05) is 19.3 Å². The quantitative estimate of drug-likeness (QED) is 0.866. The molecule has 0 aromatic carbocycles. The Hall–Kier alpha value is -0.610. The summed E-state index contributed by atoms with van der Waals surface area (Å²) in [5.41, 5.74) is 6.08. The lowest BCUT2D eigenvalue weighted by Crippen LogP contribution is -2.48. The van der Waals surface area contributed by atoms with Crippen molar-refractivity contribution in [3.63, 3.8) is 0 Å². The zero-order chi connectivity index (χ0) is 14.7. The molecule has 3 fully saturated rings.